The van der Waals surface area contributed by atoms with Gasteiger partial charge in [0.25, 0.3) is 0 Å². The summed E-state index contributed by atoms with van der Waals surface area (Å²) in [7, 11) is -3.28. The first-order valence-electron chi connectivity index (χ1n) is 5.75. The molecule has 17 heavy (non-hydrogen) atoms. The third-order valence-electron chi connectivity index (χ3n) is 2.47. The van der Waals surface area contributed by atoms with Crippen LogP contribution in [0.1, 0.15) is 30.8 Å². The Balaban J connectivity index is 3.04. The van der Waals surface area contributed by atoms with Gasteiger partial charge in [-0.15, -0.1) is 0 Å². The van der Waals surface area contributed by atoms with E-state index in [4.69, 9.17) is 14.8 Å². The summed E-state index contributed by atoms with van der Waals surface area (Å²) in [4.78, 5) is 0. The lowest BCUT2D eigenvalue weighted by Crippen LogP contribution is -2.16. The van der Waals surface area contributed by atoms with Crippen LogP contribution in [0.25, 0.3) is 0 Å². The molecule has 0 aliphatic carbocycles. The van der Waals surface area contributed by atoms with Crippen molar-refractivity contribution in [2.75, 3.05) is 13.2 Å². The highest BCUT2D eigenvalue weighted by Gasteiger charge is 2.34. The SMILES string of the molecule is CCOP(=O)(OCC)C(N)c1ccccc1C. The molecule has 2 N–H and O–H groups in total. The molecule has 0 bridgehead atoms. The number of benzene rings is 1. The molecule has 0 aromatic heterocycles. The first-order valence-corrected chi connectivity index (χ1v) is 7.36. The summed E-state index contributed by atoms with van der Waals surface area (Å²) in [6.07, 6.45) is 0. The maximum Gasteiger partial charge on any atom is 0.351 e. The van der Waals surface area contributed by atoms with Crippen molar-refractivity contribution in [3.63, 3.8) is 0 Å². The lowest BCUT2D eigenvalue weighted by Gasteiger charge is -2.24. The summed E-state index contributed by atoms with van der Waals surface area (Å²) in [5, 5.41) is 0. The number of rotatable bonds is 6. The van der Waals surface area contributed by atoms with Crippen molar-refractivity contribution < 1.29 is 13.6 Å². The van der Waals surface area contributed by atoms with Crippen molar-refractivity contribution in [2.45, 2.75) is 26.6 Å². The van der Waals surface area contributed by atoms with E-state index < -0.39 is 13.4 Å². The third-order valence-corrected chi connectivity index (χ3v) is 4.66. The van der Waals surface area contributed by atoms with Crippen LogP contribution in [0, 0.1) is 6.92 Å². The topological polar surface area (TPSA) is 61.5 Å². The third kappa shape index (κ3) is 3.39. The highest BCUT2D eigenvalue weighted by atomic mass is 31.2. The summed E-state index contributed by atoms with van der Waals surface area (Å²) in [5.41, 5.74) is 7.82. The van der Waals surface area contributed by atoms with Crippen molar-refractivity contribution >= 4 is 7.60 Å². The smallest absolute Gasteiger partial charge is 0.314 e. The monoisotopic (exact) mass is 257 g/mol. The summed E-state index contributed by atoms with van der Waals surface area (Å²) < 4.78 is 23.0. The number of hydrogen-bond acceptors (Lipinski definition) is 4. The van der Waals surface area contributed by atoms with Gasteiger partial charge in [-0.3, -0.25) is 4.57 Å². The van der Waals surface area contributed by atoms with E-state index in [2.05, 4.69) is 0 Å². The van der Waals surface area contributed by atoms with Crippen molar-refractivity contribution in [3.8, 4) is 0 Å². The largest absolute Gasteiger partial charge is 0.351 e. The Hall–Kier alpha value is -0.670. The quantitative estimate of drug-likeness (QED) is 0.795. The molecule has 1 unspecified atom stereocenters. The van der Waals surface area contributed by atoms with Gasteiger partial charge in [-0.05, 0) is 31.9 Å². The van der Waals surface area contributed by atoms with E-state index in [-0.39, 0.29) is 0 Å². The average Bonchev–Trinajstić information content (AvgIpc) is 2.29. The normalized spacial score (nSPS) is 13.6. The lowest BCUT2D eigenvalue weighted by atomic mass is 10.1. The van der Waals surface area contributed by atoms with Gasteiger partial charge in [-0.1, -0.05) is 24.3 Å². The number of hydrogen-bond donors (Lipinski definition) is 1. The van der Waals surface area contributed by atoms with E-state index in [9.17, 15) is 4.57 Å². The molecule has 0 heterocycles. The van der Waals surface area contributed by atoms with Gasteiger partial charge < -0.3 is 14.8 Å². The molecule has 0 saturated heterocycles. The molecular weight excluding hydrogens is 237 g/mol. The minimum Gasteiger partial charge on any atom is -0.314 e. The second-order valence-corrected chi connectivity index (χ2v) is 5.83. The number of aryl methyl sites for hydroxylation is 1. The highest BCUT2D eigenvalue weighted by molar-refractivity contribution is 7.54. The van der Waals surface area contributed by atoms with Crippen LogP contribution in [0.2, 0.25) is 0 Å². The van der Waals surface area contributed by atoms with E-state index >= 15 is 0 Å². The first-order chi connectivity index (χ1) is 8.05. The number of nitrogens with two attached hydrogens (primary N) is 1. The molecule has 5 heteroatoms. The molecule has 4 nitrogen and oxygen atoms in total. The zero-order valence-electron chi connectivity index (χ0n) is 10.6. The van der Waals surface area contributed by atoms with Gasteiger partial charge in [0.15, 0.2) is 0 Å². The van der Waals surface area contributed by atoms with E-state index in [0.29, 0.717) is 13.2 Å². The Morgan fingerprint density at radius 3 is 2.24 bits per heavy atom. The van der Waals surface area contributed by atoms with Crippen LogP contribution in [-0.2, 0) is 13.6 Å². The van der Waals surface area contributed by atoms with Gasteiger partial charge >= 0.3 is 7.60 Å². The van der Waals surface area contributed by atoms with Crippen LogP contribution in [0.5, 0.6) is 0 Å². The predicted octanol–water partition coefficient (Wildman–Crippen LogP) is 3.22. The van der Waals surface area contributed by atoms with Crippen LogP contribution in [0.15, 0.2) is 24.3 Å². The molecule has 96 valence electrons. The lowest BCUT2D eigenvalue weighted by molar-refractivity contribution is 0.212. The molecule has 1 aromatic rings. The van der Waals surface area contributed by atoms with E-state index in [1.165, 1.54) is 0 Å². The molecule has 0 amide bonds. The van der Waals surface area contributed by atoms with Crippen molar-refractivity contribution in [2.24, 2.45) is 5.73 Å². The average molecular weight is 257 g/mol. The van der Waals surface area contributed by atoms with Crippen molar-refractivity contribution in [1.82, 2.24) is 0 Å². The molecule has 0 aliphatic rings. The Morgan fingerprint density at radius 1 is 1.24 bits per heavy atom. The van der Waals surface area contributed by atoms with Gasteiger partial charge in [0.1, 0.15) is 5.78 Å². The van der Waals surface area contributed by atoms with Crippen LogP contribution < -0.4 is 5.73 Å². The minimum atomic E-state index is -3.28. The summed E-state index contributed by atoms with van der Waals surface area (Å²) in [6.45, 7) is 6.11. The van der Waals surface area contributed by atoms with Gasteiger partial charge in [0.2, 0.25) is 0 Å². The highest BCUT2D eigenvalue weighted by Crippen LogP contribution is 2.58. The molecule has 0 fully saturated rings. The molecule has 0 radical (unpaired) electrons. The fourth-order valence-electron chi connectivity index (χ4n) is 1.65. The zero-order chi connectivity index (χ0) is 12.9. The second-order valence-electron chi connectivity index (χ2n) is 3.68. The Labute approximate surface area is 103 Å². The summed E-state index contributed by atoms with van der Waals surface area (Å²) in [5.74, 6) is -0.733. The van der Waals surface area contributed by atoms with Gasteiger partial charge in [0, 0.05) is 0 Å². The molecule has 0 spiro atoms. The molecule has 1 rings (SSSR count). The van der Waals surface area contributed by atoms with E-state index in [1.807, 2.05) is 31.2 Å². The Kier molecular flexibility index (Phi) is 5.34. The fraction of sp³-hybridized carbons (Fsp3) is 0.500. The predicted molar refractivity (Wildman–Crippen MR) is 69.0 cm³/mol. The van der Waals surface area contributed by atoms with Crippen LogP contribution in [0.3, 0.4) is 0 Å². The molecule has 0 saturated carbocycles. The van der Waals surface area contributed by atoms with Gasteiger partial charge in [0.05, 0.1) is 13.2 Å². The summed E-state index contributed by atoms with van der Waals surface area (Å²) in [6, 6.07) is 7.56. The minimum absolute atomic E-state index is 0.316. The fourth-order valence-corrected chi connectivity index (χ4v) is 3.39. The zero-order valence-corrected chi connectivity index (χ0v) is 11.4. The molecule has 0 aliphatic heterocycles. The van der Waals surface area contributed by atoms with Gasteiger partial charge in [-0.2, -0.15) is 0 Å². The molecule has 1 atom stereocenters. The van der Waals surface area contributed by atoms with Crippen molar-refractivity contribution in [1.29, 1.82) is 0 Å². The Morgan fingerprint density at radius 2 is 1.76 bits per heavy atom. The van der Waals surface area contributed by atoms with Crippen LogP contribution >= 0.6 is 7.60 Å². The Bertz CT molecular complexity index is 398. The maximum absolute atomic E-state index is 12.5. The summed E-state index contributed by atoms with van der Waals surface area (Å²) >= 11 is 0. The van der Waals surface area contributed by atoms with Gasteiger partial charge in [-0.25, -0.2) is 0 Å². The van der Waals surface area contributed by atoms with E-state index in [0.717, 1.165) is 11.1 Å². The first kappa shape index (κ1) is 14.4. The van der Waals surface area contributed by atoms with E-state index in [1.54, 1.807) is 13.8 Å². The second kappa shape index (κ2) is 6.31. The molecular formula is C12H20NO3P. The van der Waals surface area contributed by atoms with Crippen LogP contribution in [-0.4, -0.2) is 13.2 Å². The van der Waals surface area contributed by atoms with Crippen molar-refractivity contribution in [3.05, 3.63) is 35.4 Å². The molecule has 1 aromatic carbocycles. The standard InChI is InChI=1S/C12H20NO3P/c1-4-15-17(14,16-5-2)12(13)11-9-7-6-8-10(11)3/h6-9,12H,4-5,13H2,1-3H3. The van der Waals surface area contributed by atoms with Crippen LogP contribution in [0.4, 0.5) is 0 Å². The maximum atomic E-state index is 12.5.